The van der Waals surface area contributed by atoms with Gasteiger partial charge in [0.2, 0.25) is 0 Å². The fourth-order valence-corrected chi connectivity index (χ4v) is 3.20. The van der Waals surface area contributed by atoms with Gasteiger partial charge in [-0.25, -0.2) is 8.78 Å². The lowest BCUT2D eigenvalue weighted by Crippen LogP contribution is -2.08. The number of nitrogens with one attached hydrogen (secondary N) is 1. The predicted molar refractivity (Wildman–Crippen MR) is 119 cm³/mol. The Kier molecular flexibility index (Phi) is 7.29. The van der Waals surface area contributed by atoms with Crippen LogP contribution in [0.5, 0.6) is 5.75 Å². The Bertz CT molecular complexity index is 1060. The maximum Gasteiger partial charge on any atom is 0.196 e. The van der Waals surface area contributed by atoms with Crippen LogP contribution in [0.3, 0.4) is 0 Å². The molecule has 3 aromatic rings. The normalized spacial score (nSPS) is 10.7. The maximum atomic E-state index is 13.8. The van der Waals surface area contributed by atoms with E-state index in [9.17, 15) is 13.6 Å². The molecule has 0 radical (unpaired) electrons. The number of nitrogen functional groups attached to an aromatic ring is 1. The second kappa shape index (κ2) is 9.91. The van der Waals surface area contributed by atoms with Crippen LogP contribution < -0.4 is 15.8 Å². The molecule has 156 valence electrons. The first kappa shape index (κ1) is 22.1. The average Bonchev–Trinajstić information content (AvgIpc) is 2.72. The fraction of sp³-hybridized carbons (Fsp3) is 0.136. The molecule has 0 aromatic heterocycles. The quantitative estimate of drug-likeness (QED) is 0.166. The summed E-state index contributed by atoms with van der Waals surface area (Å²) in [7, 11) is 0. The van der Waals surface area contributed by atoms with E-state index in [2.05, 4.69) is 21.2 Å². The van der Waals surface area contributed by atoms with Gasteiger partial charge < -0.3 is 15.8 Å². The van der Waals surface area contributed by atoms with Crippen molar-refractivity contribution in [2.24, 2.45) is 0 Å². The van der Waals surface area contributed by atoms with Crippen LogP contribution in [0.1, 0.15) is 22.3 Å². The molecule has 0 bridgehead atoms. The van der Waals surface area contributed by atoms with Crippen molar-refractivity contribution in [3.05, 3.63) is 82.4 Å². The summed E-state index contributed by atoms with van der Waals surface area (Å²) in [4.78, 5) is 13.0. The van der Waals surface area contributed by atoms with Crippen LogP contribution in [0.4, 0.5) is 25.8 Å². The summed E-state index contributed by atoms with van der Waals surface area (Å²) in [6.07, 6.45) is 0.815. The summed E-state index contributed by atoms with van der Waals surface area (Å²) in [5.41, 5.74) is 6.70. The van der Waals surface area contributed by atoms with Gasteiger partial charge in [-0.05, 0) is 55.0 Å². The second-order valence-electron chi connectivity index (χ2n) is 6.39. The van der Waals surface area contributed by atoms with Crippen LogP contribution >= 0.6 is 27.5 Å². The highest BCUT2D eigenvalue weighted by atomic mass is 79.9. The van der Waals surface area contributed by atoms with Gasteiger partial charge in [0.05, 0.1) is 11.6 Å². The number of rotatable bonds is 8. The molecule has 0 spiro atoms. The van der Waals surface area contributed by atoms with Crippen LogP contribution in [-0.2, 0) is 0 Å². The first-order chi connectivity index (χ1) is 14.4. The highest BCUT2D eigenvalue weighted by molar-refractivity contribution is 9.09. The molecule has 3 aromatic carbocycles. The molecule has 0 saturated heterocycles. The Morgan fingerprint density at radius 1 is 1.07 bits per heavy atom. The summed E-state index contributed by atoms with van der Waals surface area (Å²) in [6, 6.07) is 12.8. The Morgan fingerprint density at radius 2 is 1.80 bits per heavy atom. The molecule has 0 amide bonds. The SMILES string of the molecule is Nc1cc(Nc2c(F)cccc2F)ccc1C(=O)c1cc(OCCCBr)ccc1Cl. The van der Waals surface area contributed by atoms with Crippen LogP contribution in [0.25, 0.3) is 0 Å². The smallest absolute Gasteiger partial charge is 0.196 e. The molecule has 8 heteroatoms. The van der Waals surface area contributed by atoms with E-state index < -0.39 is 11.6 Å². The van der Waals surface area contributed by atoms with Gasteiger partial charge in [0.1, 0.15) is 23.1 Å². The molecule has 0 aliphatic heterocycles. The molecule has 0 unspecified atom stereocenters. The van der Waals surface area contributed by atoms with Crippen LogP contribution in [0.2, 0.25) is 5.02 Å². The topological polar surface area (TPSA) is 64.3 Å². The predicted octanol–water partition coefficient (Wildman–Crippen LogP) is 6.34. The summed E-state index contributed by atoms with van der Waals surface area (Å²) in [5, 5.41) is 3.72. The zero-order valence-electron chi connectivity index (χ0n) is 15.7. The van der Waals surface area contributed by atoms with E-state index in [1.165, 1.54) is 24.3 Å². The van der Waals surface area contributed by atoms with Gasteiger partial charge >= 0.3 is 0 Å². The minimum Gasteiger partial charge on any atom is -0.494 e. The summed E-state index contributed by atoms with van der Waals surface area (Å²) in [5.74, 6) is -1.34. The van der Waals surface area contributed by atoms with E-state index in [1.54, 1.807) is 18.2 Å². The third-order valence-corrected chi connectivity index (χ3v) is 5.15. The highest BCUT2D eigenvalue weighted by Gasteiger charge is 2.18. The van der Waals surface area contributed by atoms with Gasteiger partial charge in [-0.1, -0.05) is 33.6 Å². The zero-order chi connectivity index (χ0) is 21.7. The Morgan fingerprint density at radius 3 is 2.47 bits per heavy atom. The Labute approximate surface area is 186 Å². The molecular formula is C22H18BrClF2N2O2. The van der Waals surface area contributed by atoms with Crippen molar-refractivity contribution in [2.75, 3.05) is 23.0 Å². The molecule has 0 heterocycles. The molecule has 0 fully saturated rings. The first-order valence-electron chi connectivity index (χ1n) is 9.04. The number of para-hydroxylation sites is 1. The molecule has 0 atom stereocenters. The minimum atomic E-state index is -0.739. The standard InChI is InChI=1S/C22H18BrClF2N2O2/c23-9-2-10-30-14-6-8-17(24)16(12-14)22(29)15-7-5-13(11-20(15)27)28-21-18(25)3-1-4-19(21)26/h1,3-8,11-12,28H,2,9-10,27H2. The van der Waals surface area contributed by atoms with Crippen molar-refractivity contribution in [3.8, 4) is 5.75 Å². The number of anilines is 3. The average molecular weight is 496 g/mol. The number of hydrogen-bond acceptors (Lipinski definition) is 4. The van der Waals surface area contributed by atoms with Crippen LogP contribution in [0.15, 0.2) is 54.6 Å². The van der Waals surface area contributed by atoms with Gasteiger partial charge in [-0.3, -0.25) is 4.79 Å². The summed E-state index contributed by atoms with van der Waals surface area (Å²) < 4.78 is 33.3. The summed E-state index contributed by atoms with van der Waals surface area (Å²) >= 11 is 9.54. The molecule has 3 N–H and O–H groups in total. The van der Waals surface area contributed by atoms with E-state index in [0.29, 0.717) is 18.0 Å². The number of nitrogens with two attached hydrogens (primary N) is 1. The van der Waals surface area contributed by atoms with E-state index in [-0.39, 0.29) is 33.3 Å². The lowest BCUT2D eigenvalue weighted by molar-refractivity contribution is 0.103. The van der Waals surface area contributed by atoms with E-state index >= 15 is 0 Å². The van der Waals surface area contributed by atoms with Gasteiger partial charge in [0.15, 0.2) is 5.78 Å². The van der Waals surface area contributed by atoms with E-state index in [4.69, 9.17) is 22.1 Å². The highest BCUT2D eigenvalue weighted by Crippen LogP contribution is 2.29. The van der Waals surface area contributed by atoms with Gasteiger partial charge in [-0.2, -0.15) is 0 Å². The van der Waals surface area contributed by atoms with E-state index in [1.807, 2.05) is 0 Å². The summed E-state index contributed by atoms with van der Waals surface area (Å²) in [6.45, 7) is 0.496. The third-order valence-electron chi connectivity index (χ3n) is 4.26. The van der Waals surface area contributed by atoms with Crippen molar-refractivity contribution in [1.82, 2.24) is 0 Å². The monoisotopic (exact) mass is 494 g/mol. The van der Waals surface area contributed by atoms with Crippen molar-refractivity contribution >= 4 is 50.4 Å². The number of carbonyl (C=O) groups is 1. The number of hydrogen-bond donors (Lipinski definition) is 2. The first-order valence-corrected chi connectivity index (χ1v) is 10.5. The minimum absolute atomic E-state index is 0.142. The van der Waals surface area contributed by atoms with Gasteiger partial charge in [0, 0.05) is 27.8 Å². The molecular weight excluding hydrogens is 478 g/mol. The van der Waals surface area contributed by atoms with E-state index in [0.717, 1.165) is 23.9 Å². The number of ether oxygens (including phenoxy) is 1. The third kappa shape index (κ3) is 5.09. The number of carbonyl (C=O) groups excluding carboxylic acids is 1. The van der Waals surface area contributed by atoms with Gasteiger partial charge in [-0.15, -0.1) is 0 Å². The van der Waals surface area contributed by atoms with Gasteiger partial charge in [0.25, 0.3) is 0 Å². The molecule has 0 aliphatic carbocycles. The number of benzene rings is 3. The zero-order valence-corrected chi connectivity index (χ0v) is 18.1. The Hall–Kier alpha value is -2.64. The maximum absolute atomic E-state index is 13.8. The van der Waals surface area contributed by atoms with Crippen molar-refractivity contribution in [2.45, 2.75) is 6.42 Å². The lowest BCUT2D eigenvalue weighted by Gasteiger charge is -2.13. The number of ketones is 1. The fourth-order valence-electron chi connectivity index (χ4n) is 2.77. The second-order valence-corrected chi connectivity index (χ2v) is 7.59. The molecule has 0 saturated carbocycles. The lowest BCUT2D eigenvalue weighted by atomic mass is 10.0. The van der Waals surface area contributed by atoms with Crippen LogP contribution in [-0.4, -0.2) is 17.7 Å². The van der Waals surface area contributed by atoms with Crippen LogP contribution in [0, 0.1) is 11.6 Å². The number of alkyl halides is 1. The number of halogens is 4. The largest absolute Gasteiger partial charge is 0.494 e. The van der Waals surface area contributed by atoms with Crippen molar-refractivity contribution in [1.29, 1.82) is 0 Å². The van der Waals surface area contributed by atoms with Crippen molar-refractivity contribution in [3.63, 3.8) is 0 Å². The molecule has 3 rings (SSSR count). The molecule has 0 aliphatic rings. The molecule has 4 nitrogen and oxygen atoms in total. The molecule has 30 heavy (non-hydrogen) atoms. The Balaban J connectivity index is 1.84. The van der Waals surface area contributed by atoms with Crippen molar-refractivity contribution < 1.29 is 18.3 Å².